The molecule has 0 spiro atoms. The molecule has 0 fully saturated rings. The molecule has 1 N–H and O–H groups in total. The van der Waals surface area contributed by atoms with Crippen LogP contribution in [0.4, 0.5) is 26.3 Å². The van der Waals surface area contributed by atoms with Gasteiger partial charge in [0.15, 0.2) is 5.69 Å². The molecule has 3 nitrogen and oxygen atoms in total. The van der Waals surface area contributed by atoms with Gasteiger partial charge in [0.25, 0.3) is 6.43 Å². The van der Waals surface area contributed by atoms with E-state index in [-0.39, 0.29) is 11.3 Å². The van der Waals surface area contributed by atoms with Crippen LogP contribution in [0.1, 0.15) is 22.9 Å². The molecule has 2 atom stereocenters. The van der Waals surface area contributed by atoms with Crippen LogP contribution in [0.25, 0.3) is 0 Å². The molecule has 0 amide bonds. The number of alkyl halides is 6. The summed E-state index contributed by atoms with van der Waals surface area (Å²) in [6.45, 7) is -1.05. The van der Waals surface area contributed by atoms with E-state index < -0.39 is 49.2 Å². The van der Waals surface area contributed by atoms with Crippen LogP contribution >= 0.6 is 0 Å². The van der Waals surface area contributed by atoms with Crippen LogP contribution in [0.3, 0.4) is 0 Å². The van der Waals surface area contributed by atoms with Crippen molar-refractivity contribution in [2.75, 3.05) is 6.61 Å². The molecule has 0 aliphatic heterocycles. The number of hydrogen-bond donors (Lipinski definition) is 1. The summed E-state index contributed by atoms with van der Waals surface area (Å²) >= 11 is 0. The molecule has 2 rings (SSSR count). The summed E-state index contributed by atoms with van der Waals surface area (Å²) in [5, 5.41) is 9.48. The van der Waals surface area contributed by atoms with Crippen molar-refractivity contribution in [3.63, 3.8) is 0 Å². The third-order valence-corrected chi connectivity index (χ3v) is 2.86. The predicted molar refractivity (Wildman–Crippen MR) is 54.3 cm³/mol. The summed E-state index contributed by atoms with van der Waals surface area (Å²) in [6.07, 6.45) is -11.6. The maximum absolute atomic E-state index is 13.4. The van der Waals surface area contributed by atoms with Crippen LogP contribution in [0, 0.1) is 0 Å². The Morgan fingerprint density at radius 2 is 2.05 bits per heavy atom. The number of rotatable bonds is 3. The first kappa shape index (κ1) is 14.9. The quantitative estimate of drug-likeness (QED) is 0.873. The van der Waals surface area contributed by atoms with Crippen molar-refractivity contribution >= 4 is 0 Å². The topological polar surface area (TPSA) is 42.4 Å². The Balaban J connectivity index is 2.46. The van der Waals surface area contributed by atoms with Crippen molar-refractivity contribution in [2.24, 2.45) is 0 Å². The van der Waals surface area contributed by atoms with Crippen LogP contribution in [0.2, 0.25) is 0 Å². The lowest BCUT2D eigenvalue weighted by molar-refractivity contribution is -0.143. The maximum atomic E-state index is 13.4. The van der Waals surface area contributed by atoms with Crippen molar-refractivity contribution in [3.8, 4) is 5.75 Å². The molecule has 0 saturated carbocycles. The summed E-state index contributed by atoms with van der Waals surface area (Å²) in [7, 11) is 0. The third-order valence-electron chi connectivity index (χ3n) is 2.86. The van der Waals surface area contributed by atoms with Crippen LogP contribution in [-0.4, -0.2) is 29.3 Å². The van der Waals surface area contributed by atoms with Crippen molar-refractivity contribution in [1.29, 1.82) is 0 Å². The van der Waals surface area contributed by atoms with Crippen molar-refractivity contribution < 1.29 is 36.2 Å². The van der Waals surface area contributed by atoms with Crippen LogP contribution in [0.15, 0.2) is 6.20 Å². The number of halogens is 6. The summed E-state index contributed by atoms with van der Waals surface area (Å²) in [5.74, 6) is -0.368. The van der Waals surface area contributed by atoms with Gasteiger partial charge in [-0.25, -0.2) is 18.2 Å². The lowest BCUT2D eigenvalue weighted by Crippen LogP contribution is -2.16. The van der Waals surface area contributed by atoms with Gasteiger partial charge in [-0.2, -0.15) is 13.2 Å². The zero-order chi connectivity index (χ0) is 15.1. The molecule has 0 radical (unpaired) electrons. The van der Waals surface area contributed by atoms with Crippen molar-refractivity contribution in [3.05, 3.63) is 23.0 Å². The van der Waals surface area contributed by atoms with Gasteiger partial charge in [0.2, 0.25) is 0 Å². The van der Waals surface area contributed by atoms with E-state index in [0.717, 1.165) is 0 Å². The number of hydrogen-bond acceptors (Lipinski definition) is 3. The maximum Gasteiger partial charge on any atom is 0.433 e. The number of nitrogens with zero attached hydrogens (tertiary/aromatic N) is 1. The standard InChI is InChI=1S/C11H9F6NO2/c12-5-1-4-6(20-3-7(13)14)2-18-10(11(15,16)17)8(4)9(5)19/h2,5,7,9,19H,1,3H2/t5-,9-/m1/s1. The van der Waals surface area contributed by atoms with E-state index in [4.69, 9.17) is 0 Å². The Hall–Kier alpha value is -1.51. The highest BCUT2D eigenvalue weighted by Crippen LogP contribution is 2.44. The Morgan fingerprint density at radius 1 is 1.40 bits per heavy atom. The average Bonchev–Trinajstić information content (AvgIpc) is 2.62. The predicted octanol–water partition coefficient (Wildman–Crippen LogP) is 2.67. The fraction of sp³-hybridized carbons (Fsp3) is 0.545. The molecule has 1 aliphatic rings. The molecule has 1 aromatic heterocycles. The van der Waals surface area contributed by atoms with E-state index in [2.05, 4.69) is 9.72 Å². The summed E-state index contributed by atoms with van der Waals surface area (Å²) < 4.78 is 80.3. The van der Waals surface area contributed by atoms with Gasteiger partial charge in [-0.15, -0.1) is 0 Å². The number of pyridine rings is 1. The molecule has 0 unspecified atom stereocenters. The molecule has 0 aromatic carbocycles. The number of aliphatic hydroxyl groups excluding tert-OH is 1. The van der Waals surface area contributed by atoms with Crippen molar-refractivity contribution in [2.45, 2.75) is 31.3 Å². The molecule has 9 heteroatoms. The van der Waals surface area contributed by atoms with E-state index in [1.54, 1.807) is 0 Å². The van der Waals surface area contributed by atoms with Gasteiger partial charge >= 0.3 is 6.18 Å². The van der Waals surface area contributed by atoms with Crippen LogP contribution in [-0.2, 0) is 12.6 Å². The molecule has 1 aromatic rings. The van der Waals surface area contributed by atoms with Gasteiger partial charge in [0, 0.05) is 17.5 Å². The molecular weight excluding hydrogens is 292 g/mol. The lowest BCUT2D eigenvalue weighted by Gasteiger charge is -2.16. The highest BCUT2D eigenvalue weighted by Gasteiger charge is 2.44. The Kier molecular flexibility index (Phi) is 3.81. The smallest absolute Gasteiger partial charge is 0.433 e. The first-order valence-corrected chi connectivity index (χ1v) is 5.54. The minimum absolute atomic E-state index is 0.270. The molecule has 112 valence electrons. The number of fused-ring (bicyclic) bond motifs is 1. The zero-order valence-electron chi connectivity index (χ0n) is 9.79. The van der Waals surface area contributed by atoms with Gasteiger partial charge < -0.3 is 9.84 Å². The van der Waals surface area contributed by atoms with Gasteiger partial charge in [-0.05, 0) is 0 Å². The molecular formula is C11H9F6NO2. The summed E-state index contributed by atoms with van der Waals surface area (Å²) in [4.78, 5) is 3.06. The van der Waals surface area contributed by atoms with E-state index in [9.17, 15) is 31.4 Å². The first-order chi connectivity index (χ1) is 9.21. The molecule has 1 aliphatic carbocycles. The van der Waals surface area contributed by atoms with Gasteiger partial charge in [0.05, 0.1) is 6.20 Å². The minimum Gasteiger partial charge on any atom is -0.486 e. The largest absolute Gasteiger partial charge is 0.486 e. The van der Waals surface area contributed by atoms with Gasteiger partial charge in [0.1, 0.15) is 24.6 Å². The second-order valence-electron chi connectivity index (χ2n) is 4.23. The van der Waals surface area contributed by atoms with E-state index in [0.29, 0.717) is 6.20 Å². The SMILES string of the molecule is O[C@H]1c2c(C(F)(F)F)ncc(OCC(F)F)c2C[C@H]1F. The number of ether oxygens (including phenoxy) is 1. The third kappa shape index (κ3) is 2.67. The second-order valence-corrected chi connectivity index (χ2v) is 4.23. The lowest BCUT2D eigenvalue weighted by atomic mass is 10.1. The minimum atomic E-state index is -4.88. The highest BCUT2D eigenvalue weighted by atomic mass is 19.4. The number of aliphatic hydroxyl groups is 1. The van der Waals surface area contributed by atoms with Gasteiger partial charge in [-0.1, -0.05) is 0 Å². The van der Waals surface area contributed by atoms with Gasteiger partial charge in [-0.3, -0.25) is 0 Å². The Morgan fingerprint density at radius 3 is 2.60 bits per heavy atom. The average molecular weight is 301 g/mol. The van der Waals surface area contributed by atoms with E-state index >= 15 is 0 Å². The Bertz CT molecular complexity index is 504. The highest BCUT2D eigenvalue weighted by molar-refractivity contribution is 5.47. The summed E-state index contributed by atoms with van der Waals surface area (Å²) in [5.41, 5.74) is -2.44. The van der Waals surface area contributed by atoms with E-state index in [1.165, 1.54) is 0 Å². The Labute approximate surface area is 109 Å². The number of aromatic nitrogens is 1. The molecule has 1 heterocycles. The normalized spacial score (nSPS) is 22.2. The van der Waals surface area contributed by atoms with Crippen LogP contribution in [0.5, 0.6) is 5.75 Å². The molecule has 0 bridgehead atoms. The zero-order valence-corrected chi connectivity index (χ0v) is 9.79. The van der Waals surface area contributed by atoms with Crippen molar-refractivity contribution in [1.82, 2.24) is 4.98 Å². The monoisotopic (exact) mass is 301 g/mol. The molecule has 20 heavy (non-hydrogen) atoms. The van der Waals surface area contributed by atoms with E-state index in [1.807, 2.05) is 0 Å². The fourth-order valence-corrected chi connectivity index (χ4v) is 2.07. The first-order valence-electron chi connectivity index (χ1n) is 5.54. The second kappa shape index (κ2) is 5.12. The summed E-state index contributed by atoms with van der Waals surface area (Å²) in [6, 6.07) is 0. The fourth-order valence-electron chi connectivity index (χ4n) is 2.07. The van der Waals surface area contributed by atoms with Crippen LogP contribution < -0.4 is 4.74 Å². The molecule has 0 saturated heterocycles.